The molecule has 1 unspecified atom stereocenters. The molecule has 1 aliphatic heterocycles. The van der Waals surface area contributed by atoms with Gasteiger partial charge in [0.05, 0.1) is 11.8 Å². The molecule has 6 nitrogen and oxygen atoms in total. The molecule has 0 radical (unpaired) electrons. The zero-order valence-corrected chi connectivity index (χ0v) is 13.5. The summed E-state index contributed by atoms with van der Waals surface area (Å²) < 4.78 is 30.9. The van der Waals surface area contributed by atoms with Gasteiger partial charge in [0, 0.05) is 19.2 Å². The van der Waals surface area contributed by atoms with E-state index in [-0.39, 0.29) is 11.7 Å². The summed E-state index contributed by atoms with van der Waals surface area (Å²) in [6, 6.07) is 11.1. The second kappa shape index (κ2) is 6.82. The Morgan fingerprint density at radius 1 is 1.22 bits per heavy atom. The summed E-state index contributed by atoms with van der Waals surface area (Å²) in [4.78, 5) is 0. The first-order chi connectivity index (χ1) is 11.1. The van der Waals surface area contributed by atoms with Gasteiger partial charge in [-0.05, 0) is 24.3 Å². The zero-order valence-electron chi connectivity index (χ0n) is 12.7. The van der Waals surface area contributed by atoms with Crippen molar-refractivity contribution in [2.24, 2.45) is 5.92 Å². The van der Waals surface area contributed by atoms with E-state index in [1.807, 2.05) is 30.3 Å². The van der Waals surface area contributed by atoms with Crippen LogP contribution in [-0.4, -0.2) is 36.1 Å². The minimum absolute atomic E-state index is 0.0795. The lowest BCUT2D eigenvalue weighted by molar-refractivity contribution is 0.0760. The van der Waals surface area contributed by atoms with E-state index in [4.69, 9.17) is 0 Å². The van der Waals surface area contributed by atoms with E-state index in [1.165, 1.54) is 10.6 Å². The molecule has 1 saturated heterocycles. The van der Waals surface area contributed by atoms with Gasteiger partial charge in [0.2, 0.25) is 10.0 Å². The van der Waals surface area contributed by atoms with Crippen LogP contribution in [0.1, 0.15) is 30.2 Å². The largest absolute Gasteiger partial charge is 0.388 e. The van der Waals surface area contributed by atoms with Crippen LogP contribution < -0.4 is 0 Å². The second-order valence-corrected chi connectivity index (χ2v) is 7.81. The van der Waals surface area contributed by atoms with E-state index < -0.39 is 16.1 Å². The van der Waals surface area contributed by atoms with Gasteiger partial charge < -0.3 is 9.63 Å². The van der Waals surface area contributed by atoms with Gasteiger partial charge in [-0.3, -0.25) is 0 Å². The molecule has 124 valence electrons. The molecule has 2 aromatic rings. The quantitative estimate of drug-likeness (QED) is 0.902. The van der Waals surface area contributed by atoms with Crippen molar-refractivity contribution < 1.29 is 18.0 Å². The molecule has 0 saturated carbocycles. The number of hydrogen-bond acceptors (Lipinski definition) is 5. The Labute approximate surface area is 135 Å². The van der Waals surface area contributed by atoms with Gasteiger partial charge in [0.25, 0.3) is 0 Å². The summed E-state index contributed by atoms with van der Waals surface area (Å²) in [5, 5.41) is 14.1. The summed E-state index contributed by atoms with van der Waals surface area (Å²) in [6.07, 6.45) is 2.12. The standard InChI is InChI=1S/C16H20N2O4S/c19-16(13-4-2-1-3-5-13)14-6-9-18(10-7-14)23(20,21)12-15-8-11-22-17-15/h1-5,8,11,14,16,19H,6-7,9-10,12H2. The Morgan fingerprint density at radius 3 is 2.52 bits per heavy atom. The summed E-state index contributed by atoms with van der Waals surface area (Å²) in [6.45, 7) is 0.851. The molecular formula is C16H20N2O4S. The number of hydrogen-bond donors (Lipinski definition) is 1. The van der Waals surface area contributed by atoms with Crippen molar-refractivity contribution in [3.8, 4) is 0 Å². The predicted octanol–water partition coefficient (Wildman–Crippen LogP) is 1.95. The number of aliphatic hydroxyl groups excluding tert-OH is 1. The Kier molecular flexibility index (Phi) is 4.79. The molecule has 1 atom stereocenters. The third kappa shape index (κ3) is 3.80. The maximum atomic E-state index is 12.4. The smallest absolute Gasteiger partial charge is 0.219 e. The molecule has 0 aliphatic carbocycles. The third-order valence-electron chi connectivity index (χ3n) is 4.30. The van der Waals surface area contributed by atoms with Crippen molar-refractivity contribution in [3.63, 3.8) is 0 Å². The molecule has 0 bridgehead atoms. The second-order valence-electron chi connectivity index (χ2n) is 5.84. The first-order valence-electron chi connectivity index (χ1n) is 7.66. The lowest BCUT2D eigenvalue weighted by Crippen LogP contribution is -2.40. The van der Waals surface area contributed by atoms with E-state index in [9.17, 15) is 13.5 Å². The highest BCUT2D eigenvalue weighted by Crippen LogP contribution is 2.31. The average Bonchev–Trinajstić information content (AvgIpc) is 3.07. The van der Waals surface area contributed by atoms with Crippen LogP contribution in [-0.2, 0) is 15.8 Å². The fraction of sp³-hybridized carbons (Fsp3) is 0.438. The minimum atomic E-state index is -3.39. The Bertz CT molecular complexity index is 708. The molecule has 7 heteroatoms. The van der Waals surface area contributed by atoms with Crippen molar-refractivity contribution in [2.75, 3.05) is 13.1 Å². The van der Waals surface area contributed by atoms with Crippen molar-refractivity contribution in [1.82, 2.24) is 9.46 Å². The van der Waals surface area contributed by atoms with Crippen LogP contribution in [0, 0.1) is 5.92 Å². The van der Waals surface area contributed by atoms with Crippen molar-refractivity contribution >= 4 is 10.0 Å². The lowest BCUT2D eigenvalue weighted by atomic mass is 9.88. The highest BCUT2D eigenvalue weighted by Gasteiger charge is 2.32. The molecule has 0 spiro atoms. The van der Waals surface area contributed by atoms with Gasteiger partial charge in [0.15, 0.2) is 0 Å². The van der Waals surface area contributed by atoms with Crippen LogP contribution in [0.2, 0.25) is 0 Å². The van der Waals surface area contributed by atoms with Crippen molar-refractivity contribution in [3.05, 3.63) is 53.9 Å². The van der Waals surface area contributed by atoms with Gasteiger partial charge >= 0.3 is 0 Å². The molecule has 2 heterocycles. The molecular weight excluding hydrogens is 316 g/mol. The van der Waals surface area contributed by atoms with Crippen molar-refractivity contribution in [1.29, 1.82) is 0 Å². The van der Waals surface area contributed by atoms with Crippen LogP contribution in [0.5, 0.6) is 0 Å². The number of nitrogens with zero attached hydrogens (tertiary/aromatic N) is 2. The van der Waals surface area contributed by atoms with E-state index >= 15 is 0 Å². The fourth-order valence-electron chi connectivity index (χ4n) is 2.98. The average molecular weight is 336 g/mol. The number of aromatic nitrogens is 1. The first-order valence-corrected chi connectivity index (χ1v) is 9.27. The van der Waals surface area contributed by atoms with E-state index in [0.717, 1.165) is 5.56 Å². The highest BCUT2D eigenvalue weighted by molar-refractivity contribution is 7.88. The molecule has 3 rings (SSSR count). The van der Waals surface area contributed by atoms with Gasteiger partial charge in [-0.2, -0.15) is 0 Å². The Morgan fingerprint density at radius 2 is 1.91 bits per heavy atom. The number of sulfonamides is 1. The van der Waals surface area contributed by atoms with Gasteiger partial charge in [-0.15, -0.1) is 0 Å². The Hall–Kier alpha value is -1.70. The SMILES string of the molecule is O=S(=O)(Cc1ccon1)N1CCC(C(O)c2ccccc2)CC1. The van der Waals surface area contributed by atoms with Gasteiger partial charge in [-0.25, -0.2) is 12.7 Å². The van der Waals surface area contributed by atoms with Crippen LogP contribution in [0.3, 0.4) is 0 Å². The monoisotopic (exact) mass is 336 g/mol. The van der Waals surface area contributed by atoms with Crippen LogP contribution >= 0.6 is 0 Å². The van der Waals surface area contributed by atoms with E-state index in [2.05, 4.69) is 9.68 Å². The number of rotatable bonds is 5. The predicted molar refractivity (Wildman–Crippen MR) is 84.8 cm³/mol. The summed E-state index contributed by atoms with van der Waals surface area (Å²) >= 11 is 0. The molecule has 1 aliphatic rings. The highest BCUT2D eigenvalue weighted by atomic mass is 32.2. The molecule has 1 fully saturated rings. The van der Waals surface area contributed by atoms with Crippen molar-refractivity contribution in [2.45, 2.75) is 24.7 Å². The molecule has 23 heavy (non-hydrogen) atoms. The van der Waals surface area contributed by atoms with Crippen LogP contribution in [0.15, 0.2) is 47.2 Å². The maximum absolute atomic E-state index is 12.4. The van der Waals surface area contributed by atoms with E-state index in [0.29, 0.717) is 31.6 Å². The number of aliphatic hydroxyl groups is 1. The molecule has 1 aromatic carbocycles. The fourth-order valence-corrected chi connectivity index (χ4v) is 4.45. The molecule has 1 N–H and O–H groups in total. The Balaban J connectivity index is 1.60. The third-order valence-corrected chi connectivity index (χ3v) is 6.11. The molecule has 0 amide bonds. The topological polar surface area (TPSA) is 83.6 Å². The lowest BCUT2D eigenvalue weighted by Gasteiger charge is -2.33. The van der Waals surface area contributed by atoms with Crippen LogP contribution in [0.4, 0.5) is 0 Å². The number of benzene rings is 1. The minimum Gasteiger partial charge on any atom is -0.388 e. The summed E-state index contributed by atoms with van der Waals surface area (Å²) in [7, 11) is -3.39. The van der Waals surface area contributed by atoms with E-state index in [1.54, 1.807) is 6.07 Å². The summed E-state index contributed by atoms with van der Waals surface area (Å²) in [5.41, 5.74) is 1.30. The van der Waals surface area contributed by atoms with Gasteiger partial charge in [-0.1, -0.05) is 35.5 Å². The van der Waals surface area contributed by atoms with Crippen LogP contribution in [0.25, 0.3) is 0 Å². The van der Waals surface area contributed by atoms with Gasteiger partial charge in [0.1, 0.15) is 12.0 Å². The first kappa shape index (κ1) is 16.2. The maximum Gasteiger partial charge on any atom is 0.219 e. The number of piperidine rings is 1. The normalized spacial score (nSPS) is 18.8. The molecule has 1 aromatic heterocycles. The summed E-state index contributed by atoms with van der Waals surface area (Å²) in [5.74, 6) is -0.0639. The zero-order chi connectivity index (χ0) is 16.3.